The van der Waals surface area contributed by atoms with Crippen LogP contribution in [0.5, 0.6) is 0 Å². The normalized spacial score (nSPS) is 13.6. The second kappa shape index (κ2) is 6.45. The van der Waals surface area contributed by atoms with Gasteiger partial charge < -0.3 is 5.32 Å². The van der Waals surface area contributed by atoms with Gasteiger partial charge in [0.05, 0.1) is 0 Å². The van der Waals surface area contributed by atoms with E-state index in [4.69, 9.17) is 0 Å². The smallest absolute Gasteiger partial charge is 0.261 e. The molecule has 1 heterocycles. The van der Waals surface area contributed by atoms with Crippen molar-refractivity contribution >= 4 is 23.3 Å². The maximum atomic E-state index is 13.6. The van der Waals surface area contributed by atoms with Crippen LogP contribution in [0.1, 0.15) is 15.9 Å². The van der Waals surface area contributed by atoms with Gasteiger partial charge >= 0.3 is 0 Å². The van der Waals surface area contributed by atoms with Crippen LogP contribution in [0.2, 0.25) is 0 Å². The number of nitrogens with one attached hydrogen (secondary N) is 3. The lowest BCUT2D eigenvalue weighted by atomic mass is 10.1. The minimum absolute atomic E-state index is 0.0212. The molecule has 0 fully saturated rings. The molecule has 0 aromatic heterocycles. The fourth-order valence-corrected chi connectivity index (χ4v) is 2.14. The van der Waals surface area contributed by atoms with Gasteiger partial charge in [0.25, 0.3) is 11.8 Å². The number of benzene rings is 2. The topological polar surface area (TPSA) is 82.6 Å². The summed E-state index contributed by atoms with van der Waals surface area (Å²) in [5, 5.41) is 2.43. The fraction of sp³-hybridized carbons (Fsp3) is 0.0625. The van der Waals surface area contributed by atoms with Gasteiger partial charge in [-0.25, -0.2) is 8.78 Å². The highest BCUT2D eigenvalue weighted by atomic mass is 19.1. The van der Waals surface area contributed by atoms with Crippen molar-refractivity contribution in [2.24, 2.45) is 4.99 Å². The largest absolute Gasteiger partial charge is 0.322 e. The zero-order chi connectivity index (χ0) is 17.1. The third-order valence-electron chi connectivity index (χ3n) is 3.31. The minimum atomic E-state index is -0.930. The summed E-state index contributed by atoms with van der Waals surface area (Å²) in [6, 6.07) is 9.64. The molecule has 0 saturated carbocycles. The van der Waals surface area contributed by atoms with Gasteiger partial charge in [0, 0.05) is 11.3 Å². The lowest BCUT2D eigenvalue weighted by Gasteiger charge is -2.15. The van der Waals surface area contributed by atoms with Crippen LogP contribution in [-0.4, -0.2) is 24.2 Å². The molecule has 0 saturated heterocycles. The molecule has 0 bridgehead atoms. The predicted octanol–water partition coefficient (Wildman–Crippen LogP) is 1.60. The van der Waals surface area contributed by atoms with E-state index in [-0.39, 0.29) is 12.5 Å². The van der Waals surface area contributed by atoms with Crippen LogP contribution < -0.4 is 16.2 Å². The van der Waals surface area contributed by atoms with Gasteiger partial charge in [-0.3, -0.25) is 25.4 Å². The molecular weight excluding hydrogens is 318 g/mol. The molecule has 0 unspecified atom stereocenters. The second-order valence-electron chi connectivity index (χ2n) is 4.97. The Kier molecular flexibility index (Phi) is 4.19. The Labute approximate surface area is 135 Å². The molecule has 0 radical (unpaired) electrons. The number of amidine groups is 1. The van der Waals surface area contributed by atoms with Crippen molar-refractivity contribution in [3.8, 4) is 0 Å². The number of hydrogen-bond donors (Lipinski definition) is 3. The van der Waals surface area contributed by atoms with Gasteiger partial charge in [-0.2, -0.15) is 0 Å². The highest BCUT2D eigenvalue weighted by molar-refractivity contribution is 6.05. The summed E-state index contributed by atoms with van der Waals surface area (Å²) in [6.45, 7) is 0.0212. The van der Waals surface area contributed by atoms with E-state index >= 15 is 0 Å². The first-order valence-electron chi connectivity index (χ1n) is 6.99. The van der Waals surface area contributed by atoms with Gasteiger partial charge in [-0.1, -0.05) is 6.07 Å². The number of halogens is 2. The molecule has 1 aliphatic rings. The number of carbonyl (C=O) groups is 2. The Morgan fingerprint density at radius 1 is 1.04 bits per heavy atom. The van der Waals surface area contributed by atoms with Crippen molar-refractivity contribution in [1.82, 2.24) is 10.9 Å². The summed E-state index contributed by atoms with van der Waals surface area (Å²) in [4.78, 5) is 27.1. The lowest BCUT2D eigenvalue weighted by Crippen LogP contribution is -2.47. The quantitative estimate of drug-likeness (QED) is 0.799. The van der Waals surface area contributed by atoms with Crippen molar-refractivity contribution in [3.63, 3.8) is 0 Å². The molecule has 2 aromatic rings. The van der Waals surface area contributed by atoms with E-state index in [0.717, 1.165) is 12.1 Å². The van der Waals surface area contributed by atoms with Crippen molar-refractivity contribution in [2.45, 2.75) is 0 Å². The molecule has 122 valence electrons. The number of aliphatic imine (C=N–C) groups is 1. The molecule has 8 heteroatoms. The van der Waals surface area contributed by atoms with Gasteiger partial charge in [-0.15, -0.1) is 0 Å². The molecule has 3 rings (SSSR count). The zero-order valence-electron chi connectivity index (χ0n) is 12.3. The van der Waals surface area contributed by atoms with Crippen molar-refractivity contribution in [2.75, 3.05) is 11.9 Å². The Bertz CT molecular complexity index is 814. The molecule has 2 aromatic carbocycles. The van der Waals surface area contributed by atoms with Crippen LogP contribution >= 0.6 is 0 Å². The summed E-state index contributed by atoms with van der Waals surface area (Å²) in [5.74, 6) is -2.50. The number of hydrogen-bond acceptors (Lipinski definition) is 4. The molecule has 0 spiro atoms. The number of rotatable bonds is 3. The Morgan fingerprint density at radius 3 is 2.29 bits per heavy atom. The fourth-order valence-electron chi connectivity index (χ4n) is 2.14. The molecule has 0 atom stereocenters. The van der Waals surface area contributed by atoms with Crippen LogP contribution in [-0.2, 0) is 4.79 Å². The molecule has 1 aliphatic heterocycles. The average Bonchev–Trinajstić information content (AvgIpc) is 2.56. The molecule has 6 nitrogen and oxygen atoms in total. The van der Waals surface area contributed by atoms with Crippen LogP contribution in [0.25, 0.3) is 0 Å². The Balaban J connectivity index is 1.75. The second-order valence-corrected chi connectivity index (χ2v) is 4.97. The summed E-state index contributed by atoms with van der Waals surface area (Å²) in [5.41, 5.74) is 5.50. The van der Waals surface area contributed by atoms with Gasteiger partial charge in [0.15, 0.2) is 0 Å². The minimum Gasteiger partial charge on any atom is -0.322 e. The highest BCUT2D eigenvalue weighted by Gasteiger charge is 2.17. The Morgan fingerprint density at radius 2 is 1.71 bits per heavy atom. The first kappa shape index (κ1) is 15.6. The SMILES string of the molecule is O=C1CN=C(c2ccc(NC(=O)c3c(F)cccc3F)cc2)NN1. The van der Waals surface area contributed by atoms with Crippen molar-refractivity contribution in [1.29, 1.82) is 0 Å². The first-order chi connectivity index (χ1) is 11.5. The zero-order valence-corrected chi connectivity index (χ0v) is 12.3. The van der Waals surface area contributed by atoms with E-state index in [9.17, 15) is 18.4 Å². The summed E-state index contributed by atoms with van der Waals surface area (Å²) >= 11 is 0. The monoisotopic (exact) mass is 330 g/mol. The van der Waals surface area contributed by atoms with E-state index in [1.807, 2.05) is 0 Å². The van der Waals surface area contributed by atoms with Gasteiger partial charge in [0.1, 0.15) is 29.6 Å². The first-order valence-corrected chi connectivity index (χ1v) is 6.99. The summed E-state index contributed by atoms with van der Waals surface area (Å²) < 4.78 is 27.2. The van der Waals surface area contributed by atoms with Crippen molar-refractivity contribution in [3.05, 3.63) is 65.2 Å². The molecule has 3 N–H and O–H groups in total. The van der Waals surface area contributed by atoms with Crippen molar-refractivity contribution < 1.29 is 18.4 Å². The third kappa shape index (κ3) is 3.22. The number of hydrazine groups is 1. The van der Waals surface area contributed by atoms with Gasteiger partial charge in [0.2, 0.25) is 0 Å². The van der Waals surface area contributed by atoms with Crippen LogP contribution in [0, 0.1) is 11.6 Å². The van der Waals surface area contributed by atoms with E-state index in [1.165, 1.54) is 6.07 Å². The molecule has 24 heavy (non-hydrogen) atoms. The summed E-state index contributed by atoms with van der Waals surface area (Å²) in [6.07, 6.45) is 0. The van der Waals surface area contributed by atoms with E-state index < -0.39 is 23.1 Å². The molecule has 0 aliphatic carbocycles. The van der Waals surface area contributed by atoms with Crippen LogP contribution in [0.3, 0.4) is 0 Å². The van der Waals surface area contributed by atoms with E-state index in [2.05, 4.69) is 21.2 Å². The van der Waals surface area contributed by atoms with Crippen LogP contribution in [0.4, 0.5) is 14.5 Å². The van der Waals surface area contributed by atoms with E-state index in [0.29, 0.717) is 17.1 Å². The summed E-state index contributed by atoms with van der Waals surface area (Å²) in [7, 11) is 0. The number of amides is 2. The maximum absolute atomic E-state index is 13.6. The standard InChI is InChI=1S/C16H12F2N4O2/c17-11-2-1-3-12(18)14(11)16(24)20-10-6-4-9(5-7-10)15-19-8-13(23)21-22-15/h1-7H,8H2,(H,19,22)(H,20,24)(H,21,23). The third-order valence-corrected chi connectivity index (χ3v) is 3.31. The lowest BCUT2D eigenvalue weighted by molar-refractivity contribution is -0.120. The highest BCUT2D eigenvalue weighted by Crippen LogP contribution is 2.16. The van der Waals surface area contributed by atoms with Crippen LogP contribution in [0.15, 0.2) is 47.5 Å². The maximum Gasteiger partial charge on any atom is 0.261 e. The molecular formula is C16H12F2N4O2. The Hall–Kier alpha value is -3.29. The number of nitrogens with zero attached hydrogens (tertiary/aromatic N) is 1. The average molecular weight is 330 g/mol. The van der Waals surface area contributed by atoms with Gasteiger partial charge in [-0.05, 0) is 36.4 Å². The predicted molar refractivity (Wildman–Crippen MR) is 83.4 cm³/mol. The number of carbonyl (C=O) groups excluding carboxylic acids is 2. The number of anilines is 1. The molecule has 2 amide bonds. The van der Waals surface area contributed by atoms with E-state index in [1.54, 1.807) is 24.3 Å².